The number of rotatable bonds is 59. The summed E-state index contributed by atoms with van der Waals surface area (Å²) < 4.78 is 16.9. The van der Waals surface area contributed by atoms with Crippen LogP contribution in [0.1, 0.15) is 297 Å². The Hall–Kier alpha value is -4.45. The third kappa shape index (κ3) is 64.4. The molecular weight excluding hydrogens is 985 g/mol. The lowest BCUT2D eigenvalue weighted by atomic mass is 10.1. The molecule has 0 rings (SSSR count). The fourth-order valence-electron chi connectivity index (χ4n) is 8.94. The summed E-state index contributed by atoms with van der Waals surface area (Å²) in [6, 6.07) is 0. The Morgan fingerprint density at radius 3 is 0.787 bits per heavy atom. The average molecular weight is 1110 g/mol. The van der Waals surface area contributed by atoms with Gasteiger partial charge in [0.25, 0.3) is 0 Å². The zero-order valence-corrected chi connectivity index (χ0v) is 52.0. The maximum atomic E-state index is 12.9. The van der Waals surface area contributed by atoms with E-state index < -0.39 is 6.10 Å². The second kappa shape index (κ2) is 67.1. The number of carbonyl (C=O) groups excluding carboxylic acids is 3. The third-order valence-corrected chi connectivity index (χ3v) is 13.9. The van der Waals surface area contributed by atoms with Crippen LogP contribution in [0.5, 0.6) is 0 Å². The molecule has 1 unspecified atom stereocenters. The van der Waals surface area contributed by atoms with Crippen molar-refractivity contribution in [1.29, 1.82) is 0 Å². The Morgan fingerprint density at radius 1 is 0.263 bits per heavy atom. The minimum absolute atomic E-state index is 0.0837. The van der Waals surface area contributed by atoms with Gasteiger partial charge in [0.2, 0.25) is 0 Å². The summed E-state index contributed by atoms with van der Waals surface area (Å²) in [5.74, 6) is -0.901. The van der Waals surface area contributed by atoms with Crippen molar-refractivity contribution >= 4 is 17.9 Å². The average Bonchev–Trinajstić information content (AvgIpc) is 3.46. The van der Waals surface area contributed by atoms with Crippen molar-refractivity contribution in [2.24, 2.45) is 0 Å². The molecule has 0 radical (unpaired) electrons. The minimum atomic E-state index is -0.786. The molecule has 6 nitrogen and oxygen atoms in total. The first-order valence-corrected chi connectivity index (χ1v) is 33.2. The molecule has 80 heavy (non-hydrogen) atoms. The monoisotopic (exact) mass is 1110 g/mol. The molecule has 1 atom stereocenters. The fraction of sp³-hybridized carbons (Fsp3) is 0.662. The Labute approximate surface area is 494 Å². The molecule has 0 heterocycles. The molecule has 0 aliphatic heterocycles. The summed E-state index contributed by atoms with van der Waals surface area (Å²) in [7, 11) is 0. The number of ether oxygens (including phenoxy) is 3. The Bertz CT molecular complexity index is 1700. The number of hydrogen-bond acceptors (Lipinski definition) is 6. The summed E-state index contributed by atoms with van der Waals surface area (Å²) in [6.07, 6.45) is 94.8. The molecule has 0 saturated carbocycles. The number of esters is 3. The van der Waals surface area contributed by atoms with Gasteiger partial charge < -0.3 is 14.2 Å². The van der Waals surface area contributed by atoms with Gasteiger partial charge in [0.15, 0.2) is 6.10 Å². The van der Waals surface area contributed by atoms with Gasteiger partial charge in [-0.25, -0.2) is 0 Å². The summed E-state index contributed by atoms with van der Waals surface area (Å²) in [4.78, 5) is 38.2. The SMILES string of the molecule is CC/C=C\C/C=C\C/C=C\C/C=C\C/C=C\C/C=C\C/C=C\C/C=C\C/C=C\CCCCCCCCCC(=O)OCC(COC(=O)CCCCCCCCCC)OC(=O)CCCCCCCCCCC/C=C\C/C=C\CCCCC. The molecule has 0 spiro atoms. The first-order valence-electron chi connectivity index (χ1n) is 33.2. The van der Waals surface area contributed by atoms with Crippen LogP contribution >= 0.6 is 0 Å². The van der Waals surface area contributed by atoms with Crippen LogP contribution in [0.3, 0.4) is 0 Å². The van der Waals surface area contributed by atoms with Gasteiger partial charge >= 0.3 is 17.9 Å². The van der Waals surface area contributed by atoms with Crippen LogP contribution in [0.15, 0.2) is 134 Å². The highest BCUT2D eigenvalue weighted by molar-refractivity contribution is 5.71. The topological polar surface area (TPSA) is 78.9 Å². The smallest absolute Gasteiger partial charge is 0.306 e. The highest BCUT2D eigenvalue weighted by Gasteiger charge is 2.19. The normalized spacial score (nSPS) is 13.0. The van der Waals surface area contributed by atoms with Gasteiger partial charge in [-0.15, -0.1) is 0 Å². The second-order valence-electron chi connectivity index (χ2n) is 21.6. The number of unbranched alkanes of at least 4 members (excludes halogenated alkanes) is 26. The molecule has 0 bridgehead atoms. The lowest BCUT2D eigenvalue weighted by Gasteiger charge is -2.18. The van der Waals surface area contributed by atoms with E-state index in [-0.39, 0.29) is 31.1 Å². The Morgan fingerprint density at radius 2 is 0.487 bits per heavy atom. The van der Waals surface area contributed by atoms with Gasteiger partial charge in [-0.3, -0.25) is 14.4 Å². The maximum Gasteiger partial charge on any atom is 0.306 e. The highest BCUT2D eigenvalue weighted by Crippen LogP contribution is 2.15. The van der Waals surface area contributed by atoms with Crippen LogP contribution in [0.25, 0.3) is 0 Å². The summed E-state index contributed by atoms with van der Waals surface area (Å²) >= 11 is 0. The van der Waals surface area contributed by atoms with E-state index in [0.29, 0.717) is 19.3 Å². The van der Waals surface area contributed by atoms with Crippen molar-refractivity contribution in [3.05, 3.63) is 134 Å². The largest absolute Gasteiger partial charge is 0.462 e. The summed E-state index contributed by atoms with van der Waals surface area (Å²) in [5.41, 5.74) is 0. The van der Waals surface area contributed by atoms with Gasteiger partial charge in [-0.2, -0.15) is 0 Å². The Balaban J connectivity index is 4.19. The number of allylic oxidation sites excluding steroid dienone is 22. The van der Waals surface area contributed by atoms with E-state index in [1.54, 1.807) is 0 Å². The molecule has 0 aliphatic rings. The molecule has 0 aromatic carbocycles. The molecule has 0 N–H and O–H groups in total. The van der Waals surface area contributed by atoms with E-state index in [9.17, 15) is 14.4 Å². The molecule has 0 aromatic heterocycles. The fourth-order valence-corrected chi connectivity index (χ4v) is 8.94. The van der Waals surface area contributed by atoms with E-state index in [4.69, 9.17) is 14.2 Å². The second-order valence-corrected chi connectivity index (χ2v) is 21.6. The van der Waals surface area contributed by atoms with Crippen molar-refractivity contribution < 1.29 is 28.6 Å². The zero-order chi connectivity index (χ0) is 57.8. The standard InChI is InChI=1S/C74H122O6/c1-4-7-10-13-16-19-21-23-25-27-29-30-31-32-33-34-35-36-37-38-39-40-41-42-43-44-46-47-49-51-53-55-58-61-64-67-73(76)79-70-71(69-78-72(75)66-63-60-57-18-15-12-9-6-3)80-74(77)68-65-62-59-56-54-52-50-48-45-28-26-24-22-20-17-14-11-8-5-2/h7,10,16-17,19-20,23-26,29-30,32-33,35-36,38-39,41-42,44,46,71H,4-6,8-9,11-15,18,21-22,27-28,31,34,37,40,43,45,47-70H2,1-3H3/b10-7-,19-16-,20-17-,25-23-,26-24-,30-29-,33-32-,36-35-,39-38-,42-41-,46-44-. The van der Waals surface area contributed by atoms with Gasteiger partial charge in [0.1, 0.15) is 13.2 Å². The highest BCUT2D eigenvalue weighted by atomic mass is 16.6. The molecule has 0 aliphatic carbocycles. The summed E-state index contributed by atoms with van der Waals surface area (Å²) in [5, 5.41) is 0. The zero-order valence-electron chi connectivity index (χ0n) is 52.0. The number of carbonyl (C=O) groups is 3. The van der Waals surface area contributed by atoms with Crippen molar-refractivity contribution in [2.75, 3.05) is 13.2 Å². The molecular formula is C74H122O6. The molecule has 0 aromatic rings. The van der Waals surface area contributed by atoms with Gasteiger partial charge in [0, 0.05) is 19.3 Å². The van der Waals surface area contributed by atoms with Crippen LogP contribution in [0, 0.1) is 0 Å². The molecule has 0 saturated heterocycles. The lowest BCUT2D eigenvalue weighted by molar-refractivity contribution is -0.167. The first kappa shape index (κ1) is 75.5. The predicted molar refractivity (Wildman–Crippen MR) is 348 cm³/mol. The van der Waals surface area contributed by atoms with Crippen LogP contribution in [-0.4, -0.2) is 37.2 Å². The minimum Gasteiger partial charge on any atom is -0.462 e. The van der Waals surface area contributed by atoms with Gasteiger partial charge in [0.05, 0.1) is 0 Å². The van der Waals surface area contributed by atoms with Crippen LogP contribution in [0.2, 0.25) is 0 Å². The van der Waals surface area contributed by atoms with E-state index in [1.165, 1.54) is 128 Å². The molecule has 6 heteroatoms. The van der Waals surface area contributed by atoms with Crippen LogP contribution in [-0.2, 0) is 28.6 Å². The van der Waals surface area contributed by atoms with E-state index in [2.05, 4.69) is 154 Å². The van der Waals surface area contributed by atoms with Crippen molar-refractivity contribution in [2.45, 2.75) is 303 Å². The van der Waals surface area contributed by atoms with Crippen LogP contribution < -0.4 is 0 Å². The van der Waals surface area contributed by atoms with E-state index in [0.717, 1.165) is 128 Å². The quantitative estimate of drug-likeness (QED) is 0.0261. The molecule has 0 amide bonds. The van der Waals surface area contributed by atoms with Crippen molar-refractivity contribution in [3.63, 3.8) is 0 Å². The number of hydrogen-bond donors (Lipinski definition) is 0. The van der Waals surface area contributed by atoms with Gasteiger partial charge in [-0.1, -0.05) is 289 Å². The molecule has 454 valence electrons. The van der Waals surface area contributed by atoms with Crippen molar-refractivity contribution in [1.82, 2.24) is 0 Å². The molecule has 0 fully saturated rings. The van der Waals surface area contributed by atoms with E-state index >= 15 is 0 Å². The van der Waals surface area contributed by atoms with Crippen molar-refractivity contribution in [3.8, 4) is 0 Å². The maximum absolute atomic E-state index is 12.9. The first-order chi connectivity index (χ1) is 39.5. The van der Waals surface area contributed by atoms with Gasteiger partial charge in [-0.05, 0) is 122 Å². The lowest BCUT2D eigenvalue weighted by Crippen LogP contribution is -2.30. The third-order valence-electron chi connectivity index (χ3n) is 13.9. The predicted octanol–water partition coefficient (Wildman–Crippen LogP) is 22.9. The van der Waals surface area contributed by atoms with E-state index in [1.807, 2.05) is 0 Å². The van der Waals surface area contributed by atoms with Crippen LogP contribution in [0.4, 0.5) is 0 Å². The Kier molecular flexibility index (Phi) is 63.3. The summed E-state index contributed by atoms with van der Waals surface area (Å²) in [6.45, 7) is 6.47.